The molecule has 0 aliphatic heterocycles. The maximum atomic E-state index is 3.72. The van der Waals surface area contributed by atoms with Gasteiger partial charge in [-0.25, -0.2) is 0 Å². The number of rotatable bonds is 0. The first-order chi connectivity index (χ1) is 16.1. The summed E-state index contributed by atoms with van der Waals surface area (Å²) in [4.78, 5) is 0. The monoisotopic (exact) mass is 474 g/mol. The molecule has 0 saturated heterocycles. The first-order valence-corrected chi connectivity index (χ1v) is 11.1. The van der Waals surface area contributed by atoms with Gasteiger partial charge in [-0.05, 0) is 0 Å². The van der Waals surface area contributed by atoms with E-state index in [2.05, 4.69) is 63.6 Å². The van der Waals surface area contributed by atoms with Crippen molar-refractivity contribution >= 4 is 10.8 Å². The van der Waals surface area contributed by atoms with Gasteiger partial charge in [0.1, 0.15) is 0 Å². The minimum atomic E-state index is 0. The molecule has 0 heterocycles. The van der Waals surface area contributed by atoms with Crippen LogP contribution in [0.3, 0.4) is 0 Å². The molecule has 1 aliphatic carbocycles. The van der Waals surface area contributed by atoms with Crippen molar-refractivity contribution in [2.75, 3.05) is 0 Å². The average Bonchev–Trinajstić information content (AvgIpc) is 3.27. The van der Waals surface area contributed by atoms with Gasteiger partial charge < -0.3 is 0 Å². The van der Waals surface area contributed by atoms with Crippen molar-refractivity contribution in [1.82, 2.24) is 0 Å². The zero-order valence-corrected chi connectivity index (χ0v) is 21.1. The van der Waals surface area contributed by atoms with Crippen LogP contribution >= 0.6 is 0 Å². The van der Waals surface area contributed by atoms with Crippen molar-refractivity contribution in [2.24, 2.45) is 0 Å². The SMILES string of the molecule is [CH2-]c1ccccc1.[CH2-]c1ccccc1.[CH2-]c1ccccc1.[Ti+4].c1cc2c3c(cccc3c1)C[CH-]2. The van der Waals surface area contributed by atoms with Crippen LogP contribution in [0, 0.1) is 27.2 Å². The molecule has 1 aliphatic rings. The van der Waals surface area contributed by atoms with Crippen LogP contribution in [0.5, 0.6) is 0 Å². The van der Waals surface area contributed by atoms with E-state index >= 15 is 0 Å². The maximum Gasteiger partial charge on any atom is 4.00 e. The van der Waals surface area contributed by atoms with Crippen LogP contribution in [0.2, 0.25) is 0 Å². The second kappa shape index (κ2) is 14.7. The summed E-state index contributed by atoms with van der Waals surface area (Å²) in [5.74, 6) is 0. The molecule has 0 atom stereocenters. The van der Waals surface area contributed by atoms with Gasteiger partial charge in [0.05, 0.1) is 0 Å². The Balaban J connectivity index is 0.000000165. The second-order valence-electron chi connectivity index (χ2n) is 7.73. The molecular weight excluding hydrogens is 444 g/mol. The largest absolute Gasteiger partial charge is 4.00 e. The summed E-state index contributed by atoms with van der Waals surface area (Å²) in [7, 11) is 0. The Hall–Kier alpha value is -3.45. The van der Waals surface area contributed by atoms with Crippen LogP contribution < -0.4 is 0 Å². The van der Waals surface area contributed by atoms with E-state index in [1.165, 1.54) is 21.9 Å². The van der Waals surface area contributed by atoms with E-state index in [9.17, 15) is 0 Å². The molecule has 166 valence electrons. The van der Waals surface area contributed by atoms with Crippen molar-refractivity contribution in [1.29, 1.82) is 0 Å². The number of benzene rings is 5. The molecule has 0 fully saturated rings. The van der Waals surface area contributed by atoms with Crippen LogP contribution in [0.1, 0.15) is 27.8 Å². The van der Waals surface area contributed by atoms with Gasteiger partial charge in [-0.15, -0.1) is 53.4 Å². The molecule has 0 unspecified atom stereocenters. The van der Waals surface area contributed by atoms with E-state index < -0.39 is 0 Å². The maximum absolute atomic E-state index is 3.72. The van der Waals surface area contributed by atoms with Gasteiger partial charge in [-0.2, -0.15) is 91.9 Å². The van der Waals surface area contributed by atoms with Crippen LogP contribution in [0.4, 0.5) is 0 Å². The standard InChI is InChI=1S/C12H9.3C7H7.Ti/c1-3-9-4-2-6-11-8-7-10(5-1)12(9)11;3*1-7-5-3-2-4-6-7;/h1-7H,8H2;3*2-6H,1H2;/q4*-1;+4. The zero-order valence-electron chi connectivity index (χ0n) is 19.5. The Morgan fingerprint density at radius 3 is 1.26 bits per heavy atom. The van der Waals surface area contributed by atoms with Crippen LogP contribution in [-0.2, 0) is 28.1 Å². The van der Waals surface area contributed by atoms with E-state index in [0.29, 0.717) is 0 Å². The Morgan fingerprint density at radius 2 is 0.882 bits per heavy atom. The van der Waals surface area contributed by atoms with Crippen molar-refractivity contribution < 1.29 is 21.7 Å². The van der Waals surface area contributed by atoms with Crippen molar-refractivity contribution in [3.8, 4) is 0 Å². The van der Waals surface area contributed by atoms with Gasteiger partial charge in [-0.3, -0.25) is 0 Å². The van der Waals surface area contributed by atoms with Crippen LogP contribution in [-0.4, -0.2) is 0 Å². The molecule has 0 spiro atoms. The van der Waals surface area contributed by atoms with Gasteiger partial charge in [0, 0.05) is 0 Å². The summed E-state index contributed by atoms with van der Waals surface area (Å²) in [5.41, 5.74) is 6.10. The molecule has 5 aromatic carbocycles. The molecule has 6 rings (SSSR count). The summed E-state index contributed by atoms with van der Waals surface area (Å²) >= 11 is 0. The summed E-state index contributed by atoms with van der Waals surface area (Å²) in [6.45, 7) is 11.2. The molecule has 34 heavy (non-hydrogen) atoms. The topological polar surface area (TPSA) is 0 Å². The van der Waals surface area contributed by atoms with Gasteiger partial charge in [0.2, 0.25) is 0 Å². The molecule has 0 aromatic heterocycles. The molecule has 5 aromatic rings. The normalized spacial score (nSPS) is 10.0. The fourth-order valence-electron chi connectivity index (χ4n) is 3.44. The van der Waals surface area contributed by atoms with E-state index in [1.807, 2.05) is 91.0 Å². The minimum absolute atomic E-state index is 0. The Kier molecular flexibility index (Phi) is 11.6. The molecule has 0 radical (unpaired) electrons. The quantitative estimate of drug-likeness (QED) is 0.156. The first-order valence-electron chi connectivity index (χ1n) is 11.1. The molecule has 0 N–H and O–H groups in total. The number of hydrogen-bond donors (Lipinski definition) is 0. The number of hydrogen-bond acceptors (Lipinski definition) is 0. The predicted octanol–water partition coefficient (Wildman–Crippen LogP) is 8.55. The van der Waals surface area contributed by atoms with Crippen molar-refractivity contribution in [3.63, 3.8) is 0 Å². The third kappa shape index (κ3) is 8.83. The minimum Gasteiger partial charge on any atom is -0.199 e. The van der Waals surface area contributed by atoms with Crippen molar-refractivity contribution in [2.45, 2.75) is 6.42 Å². The molecule has 0 bridgehead atoms. The molecular formula is C33H30Ti. The van der Waals surface area contributed by atoms with Gasteiger partial charge in [0.15, 0.2) is 0 Å². The fourth-order valence-corrected chi connectivity index (χ4v) is 3.44. The predicted molar refractivity (Wildman–Crippen MR) is 144 cm³/mol. The Labute approximate surface area is 220 Å². The summed E-state index contributed by atoms with van der Waals surface area (Å²) in [5, 5.41) is 2.83. The second-order valence-corrected chi connectivity index (χ2v) is 7.73. The summed E-state index contributed by atoms with van der Waals surface area (Å²) < 4.78 is 0. The van der Waals surface area contributed by atoms with Gasteiger partial charge in [0.25, 0.3) is 0 Å². The fraction of sp³-hybridized carbons (Fsp3) is 0.0303. The smallest absolute Gasteiger partial charge is 0.199 e. The van der Waals surface area contributed by atoms with Crippen LogP contribution in [0.15, 0.2) is 127 Å². The third-order valence-electron chi connectivity index (χ3n) is 5.09. The van der Waals surface area contributed by atoms with E-state index in [1.54, 1.807) is 0 Å². The van der Waals surface area contributed by atoms with Gasteiger partial charge >= 0.3 is 21.7 Å². The van der Waals surface area contributed by atoms with Crippen molar-refractivity contribution in [3.05, 3.63) is 182 Å². The van der Waals surface area contributed by atoms with E-state index in [-0.39, 0.29) is 21.7 Å². The Bertz CT molecular complexity index is 1080. The summed E-state index contributed by atoms with van der Waals surface area (Å²) in [6.07, 6.45) is 3.41. The van der Waals surface area contributed by atoms with Gasteiger partial charge in [-0.1, -0.05) is 54.3 Å². The molecule has 0 saturated carbocycles. The zero-order chi connectivity index (χ0) is 23.3. The van der Waals surface area contributed by atoms with E-state index in [0.717, 1.165) is 23.1 Å². The third-order valence-corrected chi connectivity index (χ3v) is 5.09. The van der Waals surface area contributed by atoms with Crippen LogP contribution in [0.25, 0.3) is 10.8 Å². The molecule has 1 heteroatoms. The average molecular weight is 474 g/mol. The summed E-state index contributed by atoms with van der Waals surface area (Å²) in [6, 6.07) is 42.7. The Morgan fingerprint density at radius 1 is 0.471 bits per heavy atom. The first kappa shape index (κ1) is 26.8. The molecule has 0 nitrogen and oxygen atoms in total. The molecule has 0 amide bonds. The van der Waals surface area contributed by atoms with E-state index in [4.69, 9.17) is 0 Å².